The van der Waals surface area contributed by atoms with Gasteiger partial charge in [0, 0.05) is 43.5 Å². The monoisotopic (exact) mass is 447 g/mol. The molecule has 0 atom stereocenters. The van der Waals surface area contributed by atoms with E-state index in [2.05, 4.69) is 46.7 Å². The lowest BCUT2D eigenvalue weighted by Gasteiger charge is -2.33. The van der Waals surface area contributed by atoms with Gasteiger partial charge in [-0.05, 0) is 30.5 Å². The number of aromatic nitrogens is 1. The fourth-order valence-corrected chi connectivity index (χ4v) is 4.55. The van der Waals surface area contributed by atoms with E-state index in [0.29, 0.717) is 12.6 Å². The molecule has 170 valence electrons. The molecule has 0 spiro atoms. The fourth-order valence-electron chi connectivity index (χ4n) is 3.59. The second kappa shape index (κ2) is 10.4. The Labute approximate surface area is 188 Å². The summed E-state index contributed by atoms with van der Waals surface area (Å²) in [5, 5.41) is 10.1. The van der Waals surface area contributed by atoms with Crippen molar-refractivity contribution in [3.05, 3.63) is 45.7 Å². The summed E-state index contributed by atoms with van der Waals surface area (Å²) in [7, 11) is 3.28. The number of benzene rings is 1. The second-order valence-corrected chi connectivity index (χ2v) is 9.91. The van der Waals surface area contributed by atoms with Crippen LogP contribution in [0.4, 0.5) is 4.39 Å². The molecule has 2 aromatic rings. The highest BCUT2D eigenvalue weighted by atomic mass is 32.1. The third-order valence-corrected chi connectivity index (χ3v) is 6.35. The molecular weight excluding hydrogens is 413 g/mol. The number of aliphatic imine (C=N–C) groups is 1. The van der Waals surface area contributed by atoms with Gasteiger partial charge >= 0.3 is 0 Å². The standard InChI is InChI=1S/C23H34FN5OS/c1-23(2,3)20-15-31-21(28-20)13-26-22(25-4)27-17-8-10-29(11-9-17)14-16-6-7-19(30-5)18(24)12-16/h6-7,12,15,17H,8-11,13-14H2,1-5H3,(H2,25,26,27). The van der Waals surface area contributed by atoms with Crippen LogP contribution < -0.4 is 15.4 Å². The van der Waals surface area contributed by atoms with Crippen LogP contribution >= 0.6 is 11.3 Å². The van der Waals surface area contributed by atoms with Crippen LogP contribution in [0, 0.1) is 5.82 Å². The number of hydrogen-bond donors (Lipinski definition) is 2. The Morgan fingerprint density at radius 3 is 2.65 bits per heavy atom. The van der Waals surface area contributed by atoms with Crippen LogP contribution in [0.15, 0.2) is 28.6 Å². The van der Waals surface area contributed by atoms with Gasteiger partial charge in [-0.15, -0.1) is 11.3 Å². The van der Waals surface area contributed by atoms with E-state index in [1.54, 1.807) is 30.5 Å². The van der Waals surface area contributed by atoms with E-state index < -0.39 is 0 Å². The maximum atomic E-state index is 13.9. The summed E-state index contributed by atoms with van der Waals surface area (Å²) < 4.78 is 18.9. The Bertz CT molecular complexity index is 884. The smallest absolute Gasteiger partial charge is 0.191 e. The Morgan fingerprint density at radius 1 is 1.32 bits per heavy atom. The molecule has 1 aliphatic heterocycles. The van der Waals surface area contributed by atoms with Crippen LogP contribution in [0.2, 0.25) is 0 Å². The van der Waals surface area contributed by atoms with Gasteiger partial charge in [0.05, 0.1) is 19.3 Å². The Hall–Kier alpha value is -2.19. The molecular formula is C23H34FN5OS. The number of nitrogens with zero attached hydrogens (tertiary/aromatic N) is 3. The molecule has 0 aliphatic carbocycles. The van der Waals surface area contributed by atoms with Crippen molar-refractivity contribution in [3.8, 4) is 5.75 Å². The van der Waals surface area contributed by atoms with E-state index in [1.165, 1.54) is 7.11 Å². The predicted octanol–water partition coefficient (Wildman–Crippen LogP) is 3.92. The number of nitrogens with one attached hydrogen (secondary N) is 2. The van der Waals surface area contributed by atoms with Crippen molar-refractivity contribution in [3.63, 3.8) is 0 Å². The first-order valence-corrected chi connectivity index (χ1v) is 11.6. The third-order valence-electron chi connectivity index (χ3n) is 5.50. The minimum absolute atomic E-state index is 0.0697. The normalized spacial score (nSPS) is 16.4. The number of likely N-dealkylation sites (tertiary alicyclic amines) is 1. The number of rotatable bonds is 6. The van der Waals surface area contributed by atoms with E-state index in [0.717, 1.165) is 54.7 Å². The van der Waals surface area contributed by atoms with Gasteiger partial charge in [0.15, 0.2) is 17.5 Å². The second-order valence-electron chi connectivity index (χ2n) is 8.97. The number of ether oxygens (including phenoxy) is 1. The zero-order chi connectivity index (χ0) is 22.4. The van der Waals surface area contributed by atoms with Gasteiger partial charge < -0.3 is 15.4 Å². The lowest BCUT2D eigenvalue weighted by Crippen LogP contribution is -2.48. The lowest BCUT2D eigenvalue weighted by atomic mass is 9.93. The topological polar surface area (TPSA) is 61.8 Å². The first kappa shape index (κ1) is 23.5. The van der Waals surface area contributed by atoms with Gasteiger partial charge in [-0.1, -0.05) is 26.8 Å². The highest BCUT2D eigenvalue weighted by molar-refractivity contribution is 7.09. The van der Waals surface area contributed by atoms with E-state index in [4.69, 9.17) is 9.72 Å². The largest absolute Gasteiger partial charge is 0.494 e. The van der Waals surface area contributed by atoms with Gasteiger partial charge in [-0.2, -0.15) is 0 Å². The molecule has 0 unspecified atom stereocenters. The molecule has 1 aromatic carbocycles. The molecule has 6 nitrogen and oxygen atoms in total. The van der Waals surface area contributed by atoms with Gasteiger partial charge in [-0.3, -0.25) is 9.89 Å². The van der Waals surface area contributed by atoms with Crippen molar-refractivity contribution < 1.29 is 9.13 Å². The van der Waals surface area contributed by atoms with Crippen molar-refractivity contribution in [2.24, 2.45) is 4.99 Å². The number of hydrogen-bond acceptors (Lipinski definition) is 5. The minimum atomic E-state index is -0.304. The molecule has 0 radical (unpaired) electrons. The van der Waals surface area contributed by atoms with Crippen LogP contribution in [-0.4, -0.2) is 49.1 Å². The van der Waals surface area contributed by atoms with Crippen LogP contribution in [0.25, 0.3) is 0 Å². The van der Waals surface area contributed by atoms with Crippen molar-refractivity contribution >= 4 is 17.3 Å². The van der Waals surface area contributed by atoms with Gasteiger partial charge in [0.1, 0.15) is 5.01 Å². The molecule has 2 heterocycles. The van der Waals surface area contributed by atoms with Gasteiger partial charge in [-0.25, -0.2) is 9.37 Å². The van der Waals surface area contributed by atoms with Crippen molar-refractivity contribution in [2.45, 2.75) is 58.2 Å². The van der Waals surface area contributed by atoms with Gasteiger partial charge in [0.25, 0.3) is 0 Å². The molecule has 0 bridgehead atoms. The fraction of sp³-hybridized carbons (Fsp3) is 0.565. The van der Waals surface area contributed by atoms with Crippen molar-refractivity contribution in [1.82, 2.24) is 20.5 Å². The molecule has 3 rings (SSSR count). The average Bonchev–Trinajstić information content (AvgIpc) is 3.22. The summed E-state index contributed by atoms with van der Waals surface area (Å²) in [6.45, 7) is 9.88. The molecule has 1 aromatic heterocycles. The molecule has 8 heteroatoms. The summed E-state index contributed by atoms with van der Waals surface area (Å²) in [4.78, 5) is 11.5. The molecule has 1 fully saturated rings. The summed E-state index contributed by atoms with van der Waals surface area (Å²) in [5.41, 5.74) is 2.17. The molecule has 0 saturated carbocycles. The highest BCUT2D eigenvalue weighted by Gasteiger charge is 2.21. The van der Waals surface area contributed by atoms with Crippen LogP contribution in [-0.2, 0) is 18.5 Å². The number of halogens is 1. The Morgan fingerprint density at radius 2 is 2.06 bits per heavy atom. The summed E-state index contributed by atoms with van der Waals surface area (Å²) in [6.07, 6.45) is 2.04. The summed E-state index contributed by atoms with van der Waals surface area (Å²) in [5.74, 6) is 0.794. The zero-order valence-corrected chi connectivity index (χ0v) is 20.0. The Kier molecular flexibility index (Phi) is 7.89. The summed E-state index contributed by atoms with van der Waals surface area (Å²) in [6, 6.07) is 5.57. The SMILES string of the molecule is CN=C(NCc1nc(C(C)(C)C)cs1)NC1CCN(Cc2ccc(OC)c(F)c2)CC1. The molecule has 1 aliphatic rings. The average molecular weight is 448 g/mol. The first-order valence-electron chi connectivity index (χ1n) is 10.8. The third kappa shape index (κ3) is 6.64. The number of piperidine rings is 1. The number of thiazole rings is 1. The minimum Gasteiger partial charge on any atom is -0.494 e. The summed E-state index contributed by atoms with van der Waals surface area (Å²) >= 11 is 1.68. The zero-order valence-electron chi connectivity index (χ0n) is 19.2. The number of guanidine groups is 1. The van der Waals surface area contributed by atoms with Crippen LogP contribution in [0.1, 0.15) is 49.9 Å². The lowest BCUT2D eigenvalue weighted by molar-refractivity contribution is 0.198. The van der Waals surface area contributed by atoms with Crippen molar-refractivity contribution in [2.75, 3.05) is 27.2 Å². The van der Waals surface area contributed by atoms with Crippen molar-refractivity contribution in [1.29, 1.82) is 0 Å². The van der Waals surface area contributed by atoms with E-state index >= 15 is 0 Å². The molecule has 2 N–H and O–H groups in total. The quantitative estimate of drug-likeness (QED) is 0.519. The predicted molar refractivity (Wildman–Crippen MR) is 125 cm³/mol. The van der Waals surface area contributed by atoms with Gasteiger partial charge in [0.2, 0.25) is 0 Å². The molecule has 31 heavy (non-hydrogen) atoms. The van der Waals surface area contributed by atoms with E-state index in [-0.39, 0.29) is 17.0 Å². The molecule has 1 saturated heterocycles. The van der Waals surface area contributed by atoms with Crippen LogP contribution in [0.3, 0.4) is 0 Å². The van der Waals surface area contributed by atoms with E-state index in [9.17, 15) is 4.39 Å². The molecule has 0 amide bonds. The van der Waals surface area contributed by atoms with E-state index in [1.807, 2.05) is 6.07 Å². The first-order chi connectivity index (χ1) is 14.8. The Balaban J connectivity index is 1.44. The van der Waals surface area contributed by atoms with Crippen LogP contribution in [0.5, 0.6) is 5.75 Å². The maximum absolute atomic E-state index is 13.9. The number of methoxy groups -OCH3 is 1. The highest BCUT2D eigenvalue weighted by Crippen LogP contribution is 2.24. The maximum Gasteiger partial charge on any atom is 0.191 e.